The second-order valence-electron chi connectivity index (χ2n) is 7.14. The van der Waals surface area contributed by atoms with E-state index in [-0.39, 0.29) is 18.3 Å². The van der Waals surface area contributed by atoms with E-state index in [1.807, 2.05) is 26.0 Å². The second-order valence-corrected chi connectivity index (χ2v) is 7.14. The molecule has 0 spiro atoms. The standard InChI is InChI=1S/C20H22N4O4/c1-4-20(2)16-12(10-28-20)9-21-17(23-16)18(25)22-13-11-27-15-8-6-5-7-14(15)24(3)19(13)26/h5-9,13H,4,10-11H2,1-3H3,(H,22,25)/t13-,20+/m0/s1. The van der Waals surface area contributed by atoms with Gasteiger partial charge in [-0.25, -0.2) is 9.97 Å². The Bertz CT molecular complexity index is 948. The molecule has 2 amide bonds. The first-order valence-corrected chi connectivity index (χ1v) is 9.23. The van der Waals surface area contributed by atoms with E-state index in [0.29, 0.717) is 18.0 Å². The van der Waals surface area contributed by atoms with Crippen molar-refractivity contribution in [3.8, 4) is 5.75 Å². The van der Waals surface area contributed by atoms with Gasteiger partial charge in [0, 0.05) is 18.8 Å². The summed E-state index contributed by atoms with van der Waals surface area (Å²) in [5.41, 5.74) is 1.73. The van der Waals surface area contributed by atoms with Gasteiger partial charge in [-0.05, 0) is 25.5 Å². The quantitative estimate of drug-likeness (QED) is 0.870. The average Bonchev–Trinajstić information content (AvgIpc) is 3.01. The molecule has 1 aromatic heterocycles. The van der Waals surface area contributed by atoms with Crippen molar-refractivity contribution in [2.24, 2.45) is 0 Å². The lowest BCUT2D eigenvalue weighted by atomic mass is 9.98. The lowest BCUT2D eigenvalue weighted by Gasteiger charge is -2.22. The minimum absolute atomic E-state index is 0.0149. The summed E-state index contributed by atoms with van der Waals surface area (Å²) in [4.78, 5) is 35.6. The molecular formula is C20H22N4O4. The molecule has 0 unspecified atom stereocenters. The minimum Gasteiger partial charge on any atom is -0.489 e. The van der Waals surface area contributed by atoms with Crippen molar-refractivity contribution in [3.05, 3.63) is 47.5 Å². The molecule has 2 aliphatic heterocycles. The number of likely N-dealkylation sites (N-methyl/N-ethyl adjacent to an activating group) is 1. The third-order valence-corrected chi connectivity index (χ3v) is 5.36. The number of hydrogen-bond donors (Lipinski definition) is 1. The smallest absolute Gasteiger partial charge is 0.289 e. The van der Waals surface area contributed by atoms with Gasteiger partial charge >= 0.3 is 0 Å². The monoisotopic (exact) mass is 382 g/mol. The fourth-order valence-electron chi connectivity index (χ4n) is 3.43. The summed E-state index contributed by atoms with van der Waals surface area (Å²) in [5, 5.41) is 2.71. The third-order valence-electron chi connectivity index (χ3n) is 5.36. The van der Waals surface area contributed by atoms with E-state index in [2.05, 4.69) is 15.3 Å². The van der Waals surface area contributed by atoms with Crippen LogP contribution in [0.2, 0.25) is 0 Å². The Kier molecular flexibility index (Phi) is 4.50. The number of rotatable bonds is 3. The van der Waals surface area contributed by atoms with Crippen molar-refractivity contribution in [1.29, 1.82) is 0 Å². The first-order chi connectivity index (χ1) is 13.4. The van der Waals surface area contributed by atoms with Crippen molar-refractivity contribution in [2.45, 2.75) is 38.5 Å². The highest BCUT2D eigenvalue weighted by Gasteiger charge is 2.37. The second kappa shape index (κ2) is 6.87. The van der Waals surface area contributed by atoms with Gasteiger partial charge in [0.25, 0.3) is 11.8 Å². The molecule has 1 N–H and O–H groups in total. The van der Waals surface area contributed by atoms with E-state index < -0.39 is 17.6 Å². The fourth-order valence-corrected chi connectivity index (χ4v) is 3.43. The highest BCUT2D eigenvalue weighted by molar-refractivity contribution is 6.02. The summed E-state index contributed by atoms with van der Waals surface area (Å²) in [5.74, 6) is -0.170. The van der Waals surface area contributed by atoms with E-state index in [1.54, 1.807) is 25.4 Å². The SMILES string of the molecule is CC[C@@]1(C)OCc2cnc(C(=O)N[C@H]3COc4ccccc4N(C)C3=O)nc21. The number of benzene rings is 1. The van der Waals surface area contributed by atoms with Crippen LogP contribution in [0.4, 0.5) is 5.69 Å². The molecule has 0 bridgehead atoms. The summed E-state index contributed by atoms with van der Waals surface area (Å²) in [6.07, 6.45) is 2.35. The number of hydrogen-bond acceptors (Lipinski definition) is 6. The normalized spacial score (nSPS) is 23.5. The zero-order valence-corrected chi connectivity index (χ0v) is 16.1. The Morgan fingerprint density at radius 2 is 2.18 bits per heavy atom. The van der Waals surface area contributed by atoms with Gasteiger partial charge in [-0.3, -0.25) is 9.59 Å². The van der Waals surface area contributed by atoms with Gasteiger partial charge in [0.2, 0.25) is 5.82 Å². The third kappa shape index (κ3) is 2.99. The van der Waals surface area contributed by atoms with Crippen LogP contribution in [-0.4, -0.2) is 41.5 Å². The number of fused-ring (bicyclic) bond motifs is 2. The summed E-state index contributed by atoms with van der Waals surface area (Å²) in [6.45, 7) is 4.42. The first kappa shape index (κ1) is 18.4. The Hall–Kier alpha value is -3.00. The van der Waals surface area contributed by atoms with Crippen LogP contribution in [0.5, 0.6) is 5.75 Å². The number of amides is 2. The Balaban J connectivity index is 1.55. The summed E-state index contributed by atoms with van der Waals surface area (Å²) in [6, 6.07) is 6.41. The van der Waals surface area contributed by atoms with E-state index in [9.17, 15) is 9.59 Å². The van der Waals surface area contributed by atoms with Gasteiger partial charge < -0.3 is 19.7 Å². The Morgan fingerprint density at radius 1 is 1.39 bits per heavy atom. The van der Waals surface area contributed by atoms with Gasteiger partial charge in [-0.1, -0.05) is 19.1 Å². The van der Waals surface area contributed by atoms with Crippen molar-refractivity contribution < 1.29 is 19.1 Å². The number of anilines is 1. The van der Waals surface area contributed by atoms with Crippen LogP contribution in [0.15, 0.2) is 30.5 Å². The molecule has 28 heavy (non-hydrogen) atoms. The maximum atomic E-state index is 12.8. The summed E-state index contributed by atoms with van der Waals surface area (Å²) in [7, 11) is 1.66. The highest BCUT2D eigenvalue weighted by atomic mass is 16.5. The molecule has 2 aromatic rings. The lowest BCUT2D eigenvalue weighted by Crippen LogP contribution is -2.49. The molecule has 8 nitrogen and oxygen atoms in total. The van der Waals surface area contributed by atoms with Crippen LogP contribution >= 0.6 is 0 Å². The van der Waals surface area contributed by atoms with Crippen LogP contribution in [-0.2, 0) is 21.7 Å². The van der Waals surface area contributed by atoms with E-state index in [0.717, 1.165) is 17.7 Å². The number of carbonyl (C=O) groups is 2. The van der Waals surface area contributed by atoms with Crippen molar-refractivity contribution in [1.82, 2.24) is 15.3 Å². The van der Waals surface area contributed by atoms with E-state index >= 15 is 0 Å². The predicted octanol–water partition coefficient (Wildman–Crippen LogP) is 1.79. The molecule has 2 atom stereocenters. The lowest BCUT2D eigenvalue weighted by molar-refractivity contribution is -0.120. The molecule has 2 aliphatic rings. The maximum Gasteiger partial charge on any atom is 0.289 e. The summed E-state index contributed by atoms with van der Waals surface area (Å²) >= 11 is 0. The molecule has 0 radical (unpaired) electrons. The van der Waals surface area contributed by atoms with Crippen molar-refractivity contribution in [2.75, 3.05) is 18.6 Å². The molecular weight excluding hydrogens is 360 g/mol. The molecule has 3 heterocycles. The molecule has 4 rings (SSSR count). The Labute approximate surface area is 162 Å². The number of ether oxygens (including phenoxy) is 2. The minimum atomic E-state index is -0.837. The zero-order valence-electron chi connectivity index (χ0n) is 16.1. The van der Waals surface area contributed by atoms with E-state index in [1.165, 1.54) is 4.90 Å². The van der Waals surface area contributed by atoms with Gasteiger partial charge in [0.15, 0.2) is 0 Å². The molecule has 0 fully saturated rings. The van der Waals surface area contributed by atoms with Crippen LogP contribution in [0, 0.1) is 0 Å². The molecule has 0 aliphatic carbocycles. The maximum absolute atomic E-state index is 12.8. The molecule has 146 valence electrons. The van der Waals surface area contributed by atoms with Crippen molar-refractivity contribution in [3.63, 3.8) is 0 Å². The fraction of sp³-hybridized carbons (Fsp3) is 0.400. The van der Waals surface area contributed by atoms with Crippen LogP contribution in [0.3, 0.4) is 0 Å². The topological polar surface area (TPSA) is 93.7 Å². The van der Waals surface area contributed by atoms with Crippen LogP contribution in [0.1, 0.15) is 42.1 Å². The van der Waals surface area contributed by atoms with Gasteiger partial charge in [0.05, 0.1) is 18.0 Å². The summed E-state index contributed by atoms with van der Waals surface area (Å²) < 4.78 is 11.5. The molecule has 1 aromatic carbocycles. The van der Waals surface area contributed by atoms with Crippen molar-refractivity contribution >= 4 is 17.5 Å². The molecule has 0 saturated carbocycles. The first-order valence-electron chi connectivity index (χ1n) is 9.23. The Morgan fingerprint density at radius 3 is 2.96 bits per heavy atom. The van der Waals surface area contributed by atoms with Crippen LogP contribution < -0.4 is 15.0 Å². The highest BCUT2D eigenvalue weighted by Crippen LogP contribution is 2.37. The van der Waals surface area contributed by atoms with Gasteiger partial charge in [-0.15, -0.1) is 0 Å². The average molecular weight is 382 g/mol. The number of nitrogens with zero attached hydrogens (tertiary/aromatic N) is 3. The molecule has 8 heteroatoms. The largest absolute Gasteiger partial charge is 0.489 e. The zero-order chi connectivity index (χ0) is 19.9. The number of carbonyl (C=O) groups excluding carboxylic acids is 2. The van der Waals surface area contributed by atoms with Gasteiger partial charge in [0.1, 0.15) is 24.0 Å². The number of aromatic nitrogens is 2. The number of nitrogens with one attached hydrogen (secondary N) is 1. The predicted molar refractivity (Wildman–Crippen MR) is 101 cm³/mol. The van der Waals surface area contributed by atoms with E-state index in [4.69, 9.17) is 9.47 Å². The number of para-hydroxylation sites is 2. The molecule has 0 saturated heterocycles. The van der Waals surface area contributed by atoms with Gasteiger partial charge in [-0.2, -0.15) is 0 Å². The van der Waals surface area contributed by atoms with Crippen LogP contribution in [0.25, 0.3) is 0 Å².